The molecule has 5 nitrogen and oxygen atoms in total. The lowest BCUT2D eigenvalue weighted by atomic mass is 9.94. The van der Waals surface area contributed by atoms with Gasteiger partial charge in [0.15, 0.2) is 5.78 Å². The molecule has 0 atom stereocenters. The van der Waals surface area contributed by atoms with Gasteiger partial charge in [-0.3, -0.25) is 4.79 Å². The quantitative estimate of drug-likeness (QED) is 0.753. The van der Waals surface area contributed by atoms with Crippen molar-refractivity contribution in [3.05, 3.63) is 47.3 Å². The van der Waals surface area contributed by atoms with Crippen LogP contribution in [-0.4, -0.2) is 21.4 Å². The van der Waals surface area contributed by atoms with Crippen molar-refractivity contribution in [1.29, 1.82) is 0 Å². The number of anilines is 1. The molecule has 2 N–H and O–H groups in total. The lowest BCUT2D eigenvalue weighted by Gasteiger charge is -2.30. The standard InChI is InChI=1S/C17H15N3O2/c1-17(2)9-14(21)13-8-11(10-19-16(13)22-17)6-7-12-4-3-5-15(18)20-12/h3-5,8,10H,9H2,1-2H3,(H2,18,20). The third-order valence-corrected chi connectivity index (χ3v) is 3.22. The van der Waals surface area contributed by atoms with Gasteiger partial charge in [-0.25, -0.2) is 9.97 Å². The highest BCUT2D eigenvalue weighted by Gasteiger charge is 2.33. The first-order chi connectivity index (χ1) is 10.4. The van der Waals surface area contributed by atoms with Crippen molar-refractivity contribution in [1.82, 2.24) is 9.97 Å². The number of nitrogen functional groups attached to an aromatic ring is 1. The Morgan fingerprint density at radius 3 is 2.91 bits per heavy atom. The number of carbonyl (C=O) groups is 1. The van der Waals surface area contributed by atoms with E-state index in [1.165, 1.54) is 0 Å². The number of pyridine rings is 2. The van der Waals surface area contributed by atoms with Gasteiger partial charge in [0.05, 0.1) is 12.0 Å². The Balaban J connectivity index is 1.92. The van der Waals surface area contributed by atoms with Crippen LogP contribution in [0.2, 0.25) is 0 Å². The van der Waals surface area contributed by atoms with Crippen LogP contribution in [-0.2, 0) is 0 Å². The summed E-state index contributed by atoms with van der Waals surface area (Å²) in [6.07, 6.45) is 1.92. The molecule has 5 heteroatoms. The van der Waals surface area contributed by atoms with E-state index in [4.69, 9.17) is 10.5 Å². The fraction of sp³-hybridized carbons (Fsp3) is 0.235. The predicted molar refractivity (Wildman–Crippen MR) is 82.5 cm³/mol. The number of fused-ring (bicyclic) bond motifs is 1. The van der Waals surface area contributed by atoms with Gasteiger partial charge in [0, 0.05) is 11.8 Å². The average Bonchev–Trinajstić information content (AvgIpc) is 2.44. The van der Waals surface area contributed by atoms with E-state index in [2.05, 4.69) is 21.8 Å². The Morgan fingerprint density at radius 2 is 2.14 bits per heavy atom. The Kier molecular flexibility index (Phi) is 3.30. The van der Waals surface area contributed by atoms with Gasteiger partial charge < -0.3 is 10.5 Å². The van der Waals surface area contributed by atoms with E-state index >= 15 is 0 Å². The summed E-state index contributed by atoms with van der Waals surface area (Å²) in [7, 11) is 0. The first-order valence-electron chi connectivity index (χ1n) is 6.90. The minimum Gasteiger partial charge on any atom is -0.471 e. The molecule has 1 aliphatic heterocycles. The zero-order valence-electron chi connectivity index (χ0n) is 12.4. The van der Waals surface area contributed by atoms with E-state index in [-0.39, 0.29) is 5.78 Å². The molecule has 0 bridgehead atoms. The molecule has 0 amide bonds. The second kappa shape index (κ2) is 5.15. The second-order valence-corrected chi connectivity index (χ2v) is 5.74. The number of nitrogens with two attached hydrogens (primary N) is 1. The van der Waals surface area contributed by atoms with Crippen LogP contribution < -0.4 is 10.5 Å². The average molecular weight is 293 g/mol. The summed E-state index contributed by atoms with van der Waals surface area (Å²) in [6.45, 7) is 3.74. The van der Waals surface area contributed by atoms with Gasteiger partial charge >= 0.3 is 0 Å². The van der Waals surface area contributed by atoms with Gasteiger partial charge in [0.1, 0.15) is 17.1 Å². The zero-order chi connectivity index (χ0) is 15.7. The van der Waals surface area contributed by atoms with E-state index in [0.717, 1.165) is 0 Å². The molecule has 0 aromatic carbocycles. The van der Waals surface area contributed by atoms with E-state index in [1.54, 1.807) is 30.5 Å². The van der Waals surface area contributed by atoms with E-state index < -0.39 is 5.60 Å². The molecule has 3 heterocycles. The van der Waals surface area contributed by atoms with Crippen molar-refractivity contribution in [3.8, 4) is 17.7 Å². The summed E-state index contributed by atoms with van der Waals surface area (Å²) < 4.78 is 5.71. The van der Waals surface area contributed by atoms with Crippen molar-refractivity contribution in [3.63, 3.8) is 0 Å². The van der Waals surface area contributed by atoms with Crippen LogP contribution in [0, 0.1) is 11.8 Å². The van der Waals surface area contributed by atoms with Crippen LogP contribution in [0.15, 0.2) is 30.5 Å². The summed E-state index contributed by atoms with van der Waals surface area (Å²) in [5, 5.41) is 0. The summed E-state index contributed by atoms with van der Waals surface area (Å²) in [5.41, 5.74) is 6.78. The Bertz CT molecular complexity index is 816. The fourth-order valence-corrected chi connectivity index (χ4v) is 2.24. The minimum atomic E-state index is -0.518. The Labute approximate surface area is 128 Å². The largest absolute Gasteiger partial charge is 0.471 e. The number of rotatable bonds is 0. The number of hydrogen-bond donors (Lipinski definition) is 1. The van der Waals surface area contributed by atoms with Crippen molar-refractivity contribution in [2.45, 2.75) is 25.9 Å². The molecule has 22 heavy (non-hydrogen) atoms. The maximum atomic E-state index is 12.2. The maximum Gasteiger partial charge on any atom is 0.224 e. The molecule has 0 spiro atoms. The van der Waals surface area contributed by atoms with Gasteiger partial charge in [-0.1, -0.05) is 12.0 Å². The fourth-order valence-electron chi connectivity index (χ4n) is 2.24. The number of hydrogen-bond acceptors (Lipinski definition) is 5. The van der Waals surface area contributed by atoms with E-state index in [1.807, 2.05) is 13.8 Å². The van der Waals surface area contributed by atoms with Gasteiger partial charge in [0.2, 0.25) is 5.88 Å². The van der Waals surface area contributed by atoms with Gasteiger partial charge in [-0.2, -0.15) is 0 Å². The third kappa shape index (κ3) is 2.91. The molecule has 0 radical (unpaired) electrons. The molecule has 0 fully saturated rings. The van der Waals surface area contributed by atoms with E-state index in [9.17, 15) is 4.79 Å². The highest BCUT2D eigenvalue weighted by atomic mass is 16.5. The first-order valence-corrected chi connectivity index (χ1v) is 6.90. The maximum absolute atomic E-state index is 12.2. The summed E-state index contributed by atoms with van der Waals surface area (Å²) >= 11 is 0. The Hall–Kier alpha value is -2.87. The van der Waals surface area contributed by atoms with Gasteiger partial charge in [-0.05, 0) is 38.0 Å². The van der Waals surface area contributed by atoms with Crippen molar-refractivity contribution >= 4 is 11.6 Å². The van der Waals surface area contributed by atoms with Crippen LogP contribution >= 0.6 is 0 Å². The number of ketones is 1. The first kappa shape index (κ1) is 14.1. The summed E-state index contributed by atoms with van der Waals surface area (Å²) in [5.74, 6) is 6.65. The number of aromatic nitrogens is 2. The highest BCUT2D eigenvalue weighted by molar-refractivity contribution is 6.00. The molecular weight excluding hydrogens is 278 g/mol. The van der Waals surface area contributed by atoms with Crippen LogP contribution in [0.4, 0.5) is 5.82 Å². The zero-order valence-corrected chi connectivity index (χ0v) is 12.4. The molecule has 0 aliphatic carbocycles. The van der Waals surface area contributed by atoms with Crippen LogP contribution in [0.1, 0.15) is 41.9 Å². The smallest absolute Gasteiger partial charge is 0.224 e. The predicted octanol–water partition coefficient (Wildman–Crippen LogP) is 2.20. The molecule has 110 valence electrons. The molecule has 1 aliphatic rings. The molecule has 2 aromatic heterocycles. The normalized spacial score (nSPS) is 15.3. The molecule has 3 rings (SSSR count). The van der Waals surface area contributed by atoms with E-state index in [0.29, 0.717) is 34.9 Å². The Morgan fingerprint density at radius 1 is 1.32 bits per heavy atom. The van der Waals surface area contributed by atoms with Gasteiger partial charge in [-0.15, -0.1) is 0 Å². The van der Waals surface area contributed by atoms with Crippen molar-refractivity contribution in [2.75, 3.05) is 5.73 Å². The van der Waals surface area contributed by atoms with Crippen LogP contribution in [0.5, 0.6) is 5.88 Å². The lowest BCUT2D eigenvalue weighted by Crippen LogP contribution is -2.36. The van der Waals surface area contributed by atoms with Crippen molar-refractivity contribution in [2.24, 2.45) is 0 Å². The SMILES string of the molecule is CC1(C)CC(=O)c2cc(C#Cc3cccc(N)n3)cnc2O1. The monoisotopic (exact) mass is 293 g/mol. The van der Waals surface area contributed by atoms with Crippen LogP contribution in [0.3, 0.4) is 0 Å². The highest BCUT2D eigenvalue weighted by Crippen LogP contribution is 2.31. The summed E-state index contributed by atoms with van der Waals surface area (Å²) in [4.78, 5) is 20.5. The number of Topliss-reactive ketones (excluding diaryl/α,β-unsaturated/α-hetero) is 1. The third-order valence-electron chi connectivity index (χ3n) is 3.22. The number of carbonyl (C=O) groups excluding carboxylic acids is 1. The molecule has 0 unspecified atom stereocenters. The number of ether oxygens (including phenoxy) is 1. The topological polar surface area (TPSA) is 78.1 Å². The van der Waals surface area contributed by atoms with Crippen molar-refractivity contribution < 1.29 is 9.53 Å². The molecule has 0 saturated heterocycles. The number of nitrogens with zero attached hydrogens (tertiary/aromatic N) is 2. The second-order valence-electron chi connectivity index (χ2n) is 5.74. The lowest BCUT2D eigenvalue weighted by molar-refractivity contribution is 0.0590. The minimum absolute atomic E-state index is 0.0180. The molecular formula is C17H15N3O2. The summed E-state index contributed by atoms with van der Waals surface area (Å²) in [6, 6.07) is 6.96. The molecule has 0 saturated carbocycles. The van der Waals surface area contributed by atoms with Gasteiger partial charge in [0.25, 0.3) is 0 Å². The van der Waals surface area contributed by atoms with Crippen LogP contribution in [0.25, 0.3) is 0 Å². The molecule has 2 aromatic rings.